The van der Waals surface area contributed by atoms with Gasteiger partial charge in [-0.2, -0.15) is 5.10 Å². The van der Waals surface area contributed by atoms with Crippen LogP contribution in [0.3, 0.4) is 0 Å². The molecule has 0 aromatic carbocycles. The predicted octanol–water partition coefficient (Wildman–Crippen LogP) is 2.89. The molecule has 0 aliphatic carbocycles. The maximum absolute atomic E-state index is 10.7. The number of pyridine rings is 2. The number of nitro groups is 1. The zero-order valence-corrected chi connectivity index (χ0v) is 12.5. The highest BCUT2D eigenvalue weighted by Crippen LogP contribution is 2.27. The van der Waals surface area contributed by atoms with Crippen LogP contribution in [0.25, 0.3) is 11.4 Å². The van der Waals surface area contributed by atoms with Crippen LogP contribution in [0.1, 0.15) is 5.69 Å². The highest BCUT2D eigenvalue weighted by molar-refractivity contribution is 5.55. The first-order valence-corrected chi connectivity index (χ1v) is 6.79. The fourth-order valence-corrected chi connectivity index (χ4v) is 2.04. The van der Waals surface area contributed by atoms with E-state index in [1.165, 1.54) is 12.1 Å². The number of ether oxygens (including phenoxy) is 1. The Morgan fingerprint density at radius 2 is 2.04 bits per heavy atom. The quantitative estimate of drug-likeness (QED) is 0.543. The molecule has 0 bridgehead atoms. The lowest BCUT2D eigenvalue weighted by molar-refractivity contribution is -0.389. The van der Waals surface area contributed by atoms with Crippen LogP contribution in [0, 0.1) is 17.0 Å². The van der Waals surface area contributed by atoms with E-state index < -0.39 is 4.92 Å². The van der Waals surface area contributed by atoms with Gasteiger partial charge in [-0.15, -0.1) is 0 Å². The van der Waals surface area contributed by atoms with Gasteiger partial charge in [0, 0.05) is 38.5 Å². The highest BCUT2D eigenvalue weighted by Gasteiger charge is 2.14. The van der Waals surface area contributed by atoms with Gasteiger partial charge in [0.15, 0.2) is 11.4 Å². The summed E-state index contributed by atoms with van der Waals surface area (Å²) in [7, 11) is 1.83. The van der Waals surface area contributed by atoms with Gasteiger partial charge in [-0.05, 0) is 28.1 Å². The summed E-state index contributed by atoms with van der Waals surface area (Å²) in [5, 5.41) is 15.0. The van der Waals surface area contributed by atoms with Crippen molar-refractivity contribution < 1.29 is 9.66 Å². The maximum Gasteiger partial charge on any atom is 0.363 e. The number of rotatable bonds is 4. The van der Waals surface area contributed by atoms with Crippen LogP contribution in [0.2, 0.25) is 0 Å². The summed E-state index contributed by atoms with van der Waals surface area (Å²) in [5.74, 6) is 0.798. The molecule has 3 heterocycles. The topological polar surface area (TPSA) is 96.0 Å². The molecule has 23 heavy (non-hydrogen) atoms. The molecule has 3 aromatic heterocycles. The van der Waals surface area contributed by atoms with Crippen LogP contribution in [0.4, 0.5) is 5.82 Å². The Labute approximate surface area is 131 Å². The zero-order chi connectivity index (χ0) is 16.4. The lowest BCUT2D eigenvalue weighted by Crippen LogP contribution is -1.96. The second kappa shape index (κ2) is 5.84. The van der Waals surface area contributed by atoms with Gasteiger partial charge in [0.25, 0.3) is 0 Å². The largest absolute Gasteiger partial charge is 0.453 e. The molecule has 0 N–H and O–H groups in total. The fraction of sp³-hybridized carbons (Fsp3) is 0.133. The normalized spacial score (nSPS) is 10.5. The van der Waals surface area contributed by atoms with E-state index in [-0.39, 0.29) is 5.82 Å². The van der Waals surface area contributed by atoms with E-state index in [2.05, 4.69) is 15.1 Å². The van der Waals surface area contributed by atoms with Gasteiger partial charge in [-0.1, -0.05) is 0 Å². The van der Waals surface area contributed by atoms with Gasteiger partial charge in [-0.25, -0.2) is 0 Å². The molecule has 0 radical (unpaired) electrons. The lowest BCUT2D eigenvalue weighted by Gasteiger charge is -2.06. The van der Waals surface area contributed by atoms with Crippen molar-refractivity contribution >= 4 is 5.82 Å². The van der Waals surface area contributed by atoms with Gasteiger partial charge in [0.2, 0.25) is 0 Å². The molecule has 0 saturated carbocycles. The Bertz CT molecular complexity index is 875. The van der Waals surface area contributed by atoms with E-state index in [0.717, 1.165) is 5.69 Å². The molecule has 0 saturated heterocycles. The minimum absolute atomic E-state index is 0.209. The van der Waals surface area contributed by atoms with Crippen molar-refractivity contribution in [1.29, 1.82) is 0 Å². The van der Waals surface area contributed by atoms with Crippen LogP contribution in [0.5, 0.6) is 11.5 Å². The average Bonchev–Trinajstić information content (AvgIpc) is 2.96. The smallest absolute Gasteiger partial charge is 0.363 e. The van der Waals surface area contributed by atoms with E-state index in [1.807, 2.05) is 19.3 Å². The summed E-state index contributed by atoms with van der Waals surface area (Å²) >= 11 is 0. The Morgan fingerprint density at radius 3 is 2.70 bits per heavy atom. The molecule has 3 aromatic rings. The number of hydrogen-bond donors (Lipinski definition) is 0. The van der Waals surface area contributed by atoms with Crippen molar-refractivity contribution in [3.63, 3.8) is 0 Å². The van der Waals surface area contributed by atoms with Gasteiger partial charge in [0.1, 0.15) is 11.4 Å². The average molecular weight is 311 g/mol. The third kappa shape index (κ3) is 3.15. The fourth-order valence-electron chi connectivity index (χ4n) is 2.04. The van der Waals surface area contributed by atoms with Crippen molar-refractivity contribution in [2.24, 2.45) is 7.05 Å². The van der Waals surface area contributed by atoms with Crippen LogP contribution in [-0.4, -0.2) is 24.7 Å². The van der Waals surface area contributed by atoms with Crippen LogP contribution in [0.15, 0.2) is 42.7 Å². The first kappa shape index (κ1) is 14.6. The van der Waals surface area contributed by atoms with Gasteiger partial charge in [0.05, 0.1) is 5.69 Å². The molecule has 0 spiro atoms. The van der Waals surface area contributed by atoms with E-state index >= 15 is 0 Å². The van der Waals surface area contributed by atoms with Crippen molar-refractivity contribution in [3.8, 4) is 22.9 Å². The van der Waals surface area contributed by atoms with Crippen LogP contribution < -0.4 is 4.74 Å². The van der Waals surface area contributed by atoms with Crippen molar-refractivity contribution in [1.82, 2.24) is 19.7 Å². The SMILES string of the molecule is Cc1nc([N+](=O)[O-])ccc1Oc1ccnc(-c2ccn(C)n2)c1. The highest BCUT2D eigenvalue weighted by atomic mass is 16.6. The summed E-state index contributed by atoms with van der Waals surface area (Å²) in [6.07, 6.45) is 3.45. The Morgan fingerprint density at radius 1 is 1.22 bits per heavy atom. The summed E-state index contributed by atoms with van der Waals surface area (Å²) in [6.45, 7) is 1.66. The third-order valence-corrected chi connectivity index (χ3v) is 3.14. The molecular weight excluding hydrogens is 298 g/mol. The van der Waals surface area contributed by atoms with E-state index in [9.17, 15) is 10.1 Å². The van der Waals surface area contributed by atoms with Crippen molar-refractivity contribution in [3.05, 3.63) is 58.5 Å². The predicted molar refractivity (Wildman–Crippen MR) is 82.1 cm³/mol. The number of nitrogens with zero attached hydrogens (tertiary/aromatic N) is 5. The maximum atomic E-state index is 10.7. The van der Waals surface area contributed by atoms with Crippen molar-refractivity contribution in [2.75, 3.05) is 0 Å². The standard InChI is InChI=1S/C15H13N5O3/c1-10-14(3-4-15(17-10)20(21)22)23-11-5-7-16-13(9-11)12-6-8-19(2)18-12/h3-9H,1-2H3. The zero-order valence-electron chi connectivity index (χ0n) is 12.5. The molecule has 0 atom stereocenters. The molecule has 3 rings (SSSR count). The second-order valence-electron chi connectivity index (χ2n) is 4.86. The molecule has 0 aliphatic heterocycles. The second-order valence-corrected chi connectivity index (χ2v) is 4.86. The monoisotopic (exact) mass is 311 g/mol. The van der Waals surface area contributed by atoms with Gasteiger partial charge < -0.3 is 14.9 Å². The van der Waals surface area contributed by atoms with Crippen molar-refractivity contribution in [2.45, 2.75) is 6.92 Å². The molecule has 8 heteroatoms. The molecule has 0 fully saturated rings. The minimum atomic E-state index is -0.539. The number of hydrogen-bond acceptors (Lipinski definition) is 6. The summed E-state index contributed by atoms with van der Waals surface area (Å²) in [5.41, 5.74) is 1.85. The lowest BCUT2D eigenvalue weighted by atomic mass is 10.2. The van der Waals surface area contributed by atoms with E-state index in [1.54, 1.807) is 29.9 Å². The Kier molecular flexibility index (Phi) is 3.71. The third-order valence-electron chi connectivity index (χ3n) is 3.14. The molecule has 8 nitrogen and oxygen atoms in total. The molecular formula is C15H13N5O3. The Hall–Kier alpha value is -3.29. The van der Waals surface area contributed by atoms with E-state index in [4.69, 9.17) is 4.74 Å². The molecule has 0 aliphatic rings. The molecule has 116 valence electrons. The number of aromatic nitrogens is 4. The molecule has 0 amide bonds. The first-order valence-electron chi connectivity index (χ1n) is 6.79. The number of aryl methyl sites for hydroxylation is 2. The van der Waals surface area contributed by atoms with Crippen LogP contribution in [-0.2, 0) is 7.05 Å². The Balaban J connectivity index is 1.87. The summed E-state index contributed by atoms with van der Waals surface area (Å²) < 4.78 is 7.44. The van der Waals surface area contributed by atoms with Crippen LogP contribution >= 0.6 is 0 Å². The summed E-state index contributed by atoms with van der Waals surface area (Å²) in [6, 6.07) is 8.14. The minimum Gasteiger partial charge on any atom is -0.453 e. The van der Waals surface area contributed by atoms with E-state index in [0.29, 0.717) is 22.9 Å². The first-order chi connectivity index (χ1) is 11.0. The van der Waals surface area contributed by atoms with Gasteiger partial charge >= 0.3 is 5.82 Å². The molecule has 0 unspecified atom stereocenters. The van der Waals surface area contributed by atoms with Gasteiger partial charge in [-0.3, -0.25) is 9.67 Å². The summed E-state index contributed by atoms with van der Waals surface area (Å²) in [4.78, 5) is 18.3.